The molecule has 3 aromatic carbocycles. The second kappa shape index (κ2) is 10.5. The number of thioether (sulfide) groups is 1. The molecule has 0 aliphatic carbocycles. The molecule has 0 amide bonds. The van der Waals surface area contributed by atoms with Gasteiger partial charge in [0.15, 0.2) is 5.92 Å². The SMILES string of the molecule is CC1(C)OC(=O)C(CCCCSC(c2ccccc2)(c2ccccc2)c2ccccc2)C(=O)O1. The average Bonchev–Trinajstić information content (AvgIpc) is 2.84. The van der Waals surface area contributed by atoms with Crippen LogP contribution in [0.1, 0.15) is 49.8 Å². The predicted octanol–water partition coefficient (Wildman–Crippen LogP) is 6.33. The summed E-state index contributed by atoms with van der Waals surface area (Å²) in [6.07, 6.45) is 2.03. The van der Waals surface area contributed by atoms with Gasteiger partial charge >= 0.3 is 11.9 Å². The molecule has 176 valence electrons. The molecule has 3 aromatic rings. The van der Waals surface area contributed by atoms with Gasteiger partial charge in [0.25, 0.3) is 5.79 Å². The highest BCUT2D eigenvalue weighted by Gasteiger charge is 2.42. The van der Waals surface area contributed by atoms with E-state index in [2.05, 4.69) is 72.8 Å². The molecule has 0 spiro atoms. The Morgan fingerprint density at radius 2 is 1.12 bits per heavy atom. The molecule has 4 rings (SSSR count). The number of benzene rings is 3. The Hall–Kier alpha value is -3.05. The smallest absolute Gasteiger partial charge is 0.323 e. The minimum absolute atomic E-state index is 0.365. The van der Waals surface area contributed by atoms with Crippen LogP contribution in [0, 0.1) is 5.92 Å². The quantitative estimate of drug-likeness (QED) is 0.157. The van der Waals surface area contributed by atoms with Crippen molar-refractivity contribution in [1.82, 2.24) is 0 Å². The molecule has 1 fully saturated rings. The van der Waals surface area contributed by atoms with Gasteiger partial charge in [-0.1, -0.05) is 97.4 Å². The van der Waals surface area contributed by atoms with Crippen molar-refractivity contribution in [2.45, 2.75) is 43.6 Å². The van der Waals surface area contributed by atoms with Gasteiger partial charge in [-0.2, -0.15) is 0 Å². The number of rotatable bonds is 9. The third kappa shape index (κ3) is 5.20. The van der Waals surface area contributed by atoms with Crippen LogP contribution in [0.3, 0.4) is 0 Å². The summed E-state index contributed by atoms with van der Waals surface area (Å²) in [4.78, 5) is 24.5. The molecule has 0 saturated carbocycles. The monoisotopic (exact) mass is 474 g/mol. The highest BCUT2D eigenvalue weighted by atomic mass is 32.2. The third-order valence-corrected chi connectivity index (χ3v) is 7.64. The summed E-state index contributed by atoms with van der Waals surface area (Å²) in [5, 5.41) is 0. The molecule has 5 heteroatoms. The molecule has 0 atom stereocenters. The number of carbonyl (C=O) groups excluding carboxylic acids is 2. The Morgan fingerprint density at radius 1 is 0.706 bits per heavy atom. The van der Waals surface area contributed by atoms with E-state index >= 15 is 0 Å². The van der Waals surface area contributed by atoms with E-state index in [-0.39, 0.29) is 4.75 Å². The van der Waals surface area contributed by atoms with Gasteiger partial charge in [0.2, 0.25) is 0 Å². The molecular weight excluding hydrogens is 444 g/mol. The van der Waals surface area contributed by atoms with Crippen molar-refractivity contribution in [2.24, 2.45) is 5.92 Å². The summed E-state index contributed by atoms with van der Waals surface area (Å²) in [6, 6.07) is 31.7. The molecule has 0 unspecified atom stereocenters. The standard InChI is InChI=1S/C29H30O4S/c1-28(2)32-26(30)25(27(31)33-28)20-12-13-21-34-29(22-14-6-3-7-15-22,23-16-8-4-9-17-23)24-18-10-5-11-19-24/h3-11,14-19,25H,12-13,20-21H2,1-2H3. The van der Waals surface area contributed by atoms with Crippen LogP contribution >= 0.6 is 11.8 Å². The summed E-state index contributed by atoms with van der Waals surface area (Å²) in [5.41, 5.74) is 3.66. The van der Waals surface area contributed by atoms with E-state index in [1.807, 2.05) is 30.0 Å². The lowest BCUT2D eigenvalue weighted by molar-refractivity contribution is -0.240. The lowest BCUT2D eigenvalue weighted by Crippen LogP contribution is -2.46. The van der Waals surface area contributed by atoms with E-state index in [9.17, 15) is 9.59 Å². The van der Waals surface area contributed by atoms with E-state index in [0.29, 0.717) is 6.42 Å². The molecule has 0 radical (unpaired) electrons. The van der Waals surface area contributed by atoms with Crippen LogP contribution in [-0.2, 0) is 23.8 Å². The summed E-state index contributed by atoms with van der Waals surface area (Å²) in [6.45, 7) is 3.15. The number of unbranched alkanes of at least 4 members (excludes halogenated alkanes) is 1. The molecule has 0 aromatic heterocycles. The molecule has 4 nitrogen and oxygen atoms in total. The topological polar surface area (TPSA) is 52.6 Å². The van der Waals surface area contributed by atoms with E-state index in [4.69, 9.17) is 9.47 Å². The van der Waals surface area contributed by atoms with Crippen molar-refractivity contribution in [3.05, 3.63) is 108 Å². The van der Waals surface area contributed by atoms with E-state index in [0.717, 1.165) is 18.6 Å². The van der Waals surface area contributed by atoms with Gasteiger partial charge < -0.3 is 9.47 Å². The fraction of sp³-hybridized carbons (Fsp3) is 0.310. The molecule has 34 heavy (non-hydrogen) atoms. The molecule has 1 aliphatic heterocycles. The van der Waals surface area contributed by atoms with Gasteiger partial charge in [-0.15, -0.1) is 11.8 Å². The van der Waals surface area contributed by atoms with Crippen molar-refractivity contribution in [3.63, 3.8) is 0 Å². The predicted molar refractivity (Wildman–Crippen MR) is 135 cm³/mol. The third-order valence-electron chi connectivity index (χ3n) is 6.01. The lowest BCUT2D eigenvalue weighted by atomic mass is 9.84. The first-order chi connectivity index (χ1) is 16.4. The Labute approximate surface area is 205 Å². The van der Waals surface area contributed by atoms with Crippen molar-refractivity contribution in [3.8, 4) is 0 Å². The first-order valence-electron chi connectivity index (χ1n) is 11.7. The Kier molecular flexibility index (Phi) is 7.42. The van der Waals surface area contributed by atoms with E-state index in [1.54, 1.807) is 13.8 Å². The summed E-state index contributed by atoms with van der Waals surface area (Å²) >= 11 is 1.88. The van der Waals surface area contributed by atoms with Gasteiger partial charge in [-0.3, -0.25) is 9.59 Å². The number of carbonyl (C=O) groups is 2. The maximum Gasteiger partial charge on any atom is 0.323 e. The summed E-state index contributed by atoms with van der Waals surface area (Å²) in [5.74, 6) is -2.12. The van der Waals surface area contributed by atoms with Crippen LogP contribution in [0.15, 0.2) is 91.0 Å². The van der Waals surface area contributed by atoms with Gasteiger partial charge in [-0.05, 0) is 35.3 Å². The Balaban J connectivity index is 1.52. The minimum atomic E-state index is -1.18. The molecule has 0 N–H and O–H groups in total. The zero-order chi connectivity index (χ0) is 24.0. The van der Waals surface area contributed by atoms with Gasteiger partial charge in [-0.25, -0.2) is 0 Å². The first kappa shape index (κ1) is 24.1. The van der Waals surface area contributed by atoms with E-state index in [1.165, 1.54) is 16.7 Å². The molecular formula is C29H30O4S. The number of hydrogen-bond donors (Lipinski definition) is 0. The minimum Gasteiger partial charge on any atom is -0.422 e. The van der Waals surface area contributed by atoms with Crippen molar-refractivity contribution < 1.29 is 19.1 Å². The van der Waals surface area contributed by atoms with Gasteiger partial charge in [0.05, 0.1) is 4.75 Å². The van der Waals surface area contributed by atoms with E-state index < -0.39 is 23.6 Å². The number of esters is 2. The fourth-order valence-corrected chi connectivity index (χ4v) is 5.99. The number of ether oxygens (including phenoxy) is 2. The first-order valence-corrected chi connectivity index (χ1v) is 12.7. The van der Waals surface area contributed by atoms with Crippen molar-refractivity contribution >= 4 is 23.7 Å². The van der Waals surface area contributed by atoms with Crippen LogP contribution in [0.25, 0.3) is 0 Å². The van der Waals surface area contributed by atoms with Crippen LogP contribution in [0.4, 0.5) is 0 Å². The van der Waals surface area contributed by atoms with Crippen LogP contribution in [-0.4, -0.2) is 23.5 Å². The normalized spacial score (nSPS) is 16.1. The second-order valence-electron chi connectivity index (χ2n) is 8.92. The highest BCUT2D eigenvalue weighted by Crippen LogP contribution is 2.48. The largest absolute Gasteiger partial charge is 0.422 e. The van der Waals surface area contributed by atoms with Crippen LogP contribution in [0.2, 0.25) is 0 Å². The molecule has 1 saturated heterocycles. The zero-order valence-electron chi connectivity index (χ0n) is 19.6. The summed E-state index contributed by atoms with van der Waals surface area (Å²) < 4.78 is 10.1. The second-order valence-corrected chi connectivity index (χ2v) is 10.2. The molecule has 0 bridgehead atoms. The van der Waals surface area contributed by atoms with Crippen molar-refractivity contribution in [1.29, 1.82) is 0 Å². The van der Waals surface area contributed by atoms with Gasteiger partial charge in [0.1, 0.15) is 0 Å². The Bertz CT molecular complexity index is 980. The van der Waals surface area contributed by atoms with Gasteiger partial charge in [0, 0.05) is 13.8 Å². The summed E-state index contributed by atoms with van der Waals surface area (Å²) in [7, 11) is 0. The number of hydrogen-bond acceptors (Lipinski definition) is 5. The average molecular weight is 475 g/mol. The fourth-order valence-electron chi connectivity index (χ4n) is 4.42. The van der Waals surface area contributed by atoms with Crippen LogP contribution < -0.4 is 0 Å². The van der Waals surface area contributed by atoms with Crippen LogP contribution in [0.5, 0.6) is 0 Å². The molecule has 1 heterocycles. The lowest BCUT2D eigenvalue weighted by Gasteiger charge is -2.35. The number of cyclic esters (lactones) is 2. The zero-order valence-corrected chi connectivity index (χ0v) is 20.4. The van der Waals surface area contributed by atoms with Crippen molar-refractivity contribution in [2.75, 3.05) is 5.75 Å². The highest BCUT2D eigenvalue weighted by molar-refractivity contribution is 8.00. The maximum atomic E-state index is 12.3. The molecule has 1 aliphatic rings. The maximum absolute atomic E-state index is 12.3. The Morgan fingerprint density at radius 3 is 1.53 bits per heavy atom.